The van der Waals surface area contributed by atoms with E-state index in [9.17, 15) is 4.79 Å². The predicted octanol–water partition coefficient (Wildman–Crippen LogP) is 1.01. The van der Waals surface area contributed by atoms with Gasteiger partial charge in [0, 0.05) is 13.1 Å². The molecule has 0 aliphatic carbocycles. The summed E-state index contributed by atoms with van der Waals surface area (Å²) in [4.78, 5) is 12.0. The lowest BCUT2D eigenvalue weighted by atomic mass is 9.98. The molecule has 0 heterocycles. The summed E-state index contributed by atoms with van der Waals surface area (Å²) in [5, 5.41) is 12.0. The molecule has 2 unspecified atom stereocenters. The van der Waals surface area contributed by atoms with Crippen molar-refractivity contribution in [2.45, 2.75) is 31.8 Å². The van der Waals surface area contributed by atoms with Crippen LogP contribution < -0.4 is 11.1 Å². The smallest absolute Gasteiger partial charge is 0.228 e. The van der Waals surface area contributed by atoms with Gasteiger partial charge >= 0.3 is 0 Å². The monoisotopic (exact) mass is 250 g/mol. The third kappa shape index (κ3) is 4.85. The molecule has 4 N–H and O–H groups in total. The van der Waals surface area contributed by atoms with E-state index in [1.54, 1.807) is 6.92 Å². The van der Waals surface area contributed by atoms with Crippen LogP contribution in [0.5, 0.6) is 0 Å². The van der Waals surface area contributed by atoms with E-state index < -0.39 is 0 Å². The number of carbonyl (C=O) groups is 1. The van der Waals surface area contributed by atoms with Gasteiger partial charge in [-0.25, -0.2) is 0 Å². The van der Waals surface area contributed by atoms with Crippen molar-refractivity contribution in [1.29, 1.82) is 0 Å². The van der Waals surface area contributed by atoms with Crippen LogP contribution in [0.1, 0.15) is 31.2 Å². The van der Waals surface area contributed by atoms with Crippen LogP contribution in [0, 0.1) is 0 Å². The van der Waals surface area contributed by atoms with Crippen molar-refractivity contribution >= 4 is 5.91 Å². The van der Waals surface area contributed by atoms with Gasteiger partial charge in [-0.2, -0.15) is 0 Å². The molecule has 1 rings (SSSR count). The molecule has 18 heavy (non-hydrogen) atoms. The molecule has 1 aromatic rings. The van der Waals surface area contributed by atoms with Gasteiger partial charge < -0.3 is 16.2 Å². The minimum absolute atomic E-state index is 0.0470. The summed E-state index contributed by atoms with van der Waals surface area (Å²) >= 11 is 0. The minimum Gasteiger partial charge on any atom is -0.393 e. The van der Waals surface area contributed by atoms with Gasteiger partial charge in [0.25, 0.3) is 0 Å². The van der Waals surface area contributed by atoms with Gasteiger partial charge in [0.2, 0.25) is 5.91 Å². The maximum atomic E-state index is 12.0. The summed E-state index contributed by atoms with van der Waals surface area (Å²) in [6.07, 6.45) is 1.15. The average Bonchev–Trinajstić information content (AvgIpc) is 2.36. The summed E-state index contributed by atoms with van der Waals surface area (Å²) in [7, 11) is 0. The van der Waals surface area contributed by atoms with Gasteiger partial charge in [0.15, 0.2) is 0 Å². The van der Waals surface area contributed by atoms with Crippen LogP contribution >= 0.6 is 0 Å². The topological polar surface area (TPSA) is 75.3 Å². The fraction of sp³-hybridized carbons (Fsp3) is 0.500. The molecule has 0 aromatic heterocycles. The highest BCUT2D eigenvalue weighted by molar-refractivity contribution is 5.83. The SMILES string of the molecule is CC(O)CCCNC(=O)C(CN)c1ccccc1. The van der Waals surface area contributed by atoms with Crippen molar-refractivity contribution in [3.63, 3.8) is 0 Å². The quantitative estimate of drug-likeness (QED) is 0.632. The van der Waals surface area contributed by atoms with E-state index in [1.807, 2.05) is 30.3 Å². The number of hydrogen-bond acceptors (Lipinski definition) is 3. The molecule has 1 amide bonds. The predicted molar refractivity (Wildman–Crippen MR) is 72.2 cm³/mol. The zero-order chi connectivity index (χ0) is 13.4. The highest BCUT2D eigenvalue weighted by Crippen LogP contribution is 2.14. The number of aliphatic hydroxyl groups is 1. The Morgan fingerprint density at radius 3 is 2.61 bits per heavy atom. The maximum absolute atomic E-state index is 12.0. The highest BCUT2D eigenvalue weighted by Gasteiger charge is 2.17. The van der Waals surface area contributed by atoms with Crippen molar-refractivity contribution in [1.82, 2.24) is 5.32 Å². The Balaban J connectivity index is 2.43. The molecule has 0 saturated heterocycles. The Morgan fingerprint density at radius 2 is 2.06 bits per heavy atom. The van der Waals surface area contributed by atoms with E-state index in [0.29, 0.717) is 19.5 Å². The second kappa shape index (κ2) is 7.84. The first-order valence-electron chi connectivity index (χ1n) is 6.36. The summed E-state index contributed by atoms with van der Waals surface area (Å²) in [6, 6.07) is 9.54. The Morgan fingerprint density at radius 1 is 1.39 bits per heavy atom. The number of carbonyl (C=O) groups excluding carboxylic acids is 1. The molecule has 1 aromatic carbocycles. The summed E-state index contributed by atoms with van der Waals surface area (Å²) < 4.78 is 0. The summed E-state index contributed by atoms with van der Waals surface area (Å²) in [6.45, 7) is 2.62. The van der Waals surface area contributed by atoms with E-state index in [2.05, 4.69) is 5.32 Å². The number of rotatable bonds is 7. The molecular formula is C14H22N2O2. The van der Waals surface area contributed by atoms with Gasteiger partial charge in [-0.1, -0.05) is 30.3 Å². The second-order valence-electron chi connectivity index (χ2n) is 4.48. The Kier molecular flexibility index (Phi) is 6.39. The summed E-state index contributed by atoms with van der Waals surface area (Å²) in [5.74, 6) is -0.341. The molecule has 4 heteroatoms. The third-order valence-corrected chi connectivity index (χ3v) is 2.85. The second-order valence-corrected chi connectivity index (χ2v) is 4.48. The molecule has 0 bridgehead atoms. The van der Waals surface area contributed by atoms with E-state index in [-0.39, 0.29) is 17.9 Å². The van der Waals surface area contributed by atoms with Crippen LogP contribution in [0.25, 0.3) is 0 Å². The lowest BCUT2D eigenvalue weighted by Gasteiger charge is -2.15. The van der Waals surface area contributed by atoms with E-state index in [0.717, 1.165) is 12.0 Å². The van der Waals surface area contributed by atoms with Crippen LogP contribution in [-0.4, -0.2) is 30.2 Å². The lowest BCUT2D eigenvalue weighted by molar-refractivity contribution is -0.122. The molecule has 2 atom stereocenters. The fourth-order valence-electron chi connectivity index (χ4n) is 1.81. The molecule has 0 aliphatic rings. The number of benzene rings is 1. The Bertz CT molecular complexity index is 352. The first-order chi connectivity index (χ1) is 8.65. The number of amides is 1. The summed E-state index contributed by atoms with van der Waals surface area (Å²) in [5.41, 5.74) is 6.60. The van der Waals surface area contributed by atoms with Crippen molar-refractivity contribution in [3.05, 3.63) is 35.9 Å². The van der Waals surface area contributed by atoms with Crippen LogP contribution in [0.2, 0.25) is 0 Å². The van der Waals surface area contributed by atoms with Gasteiger partial charge in [-0.15, -0.1) is 0 Å². The molecule has 0 spiro atoms. The zero-order valence-corrected chi connectivity index (χ0v) is 10.8. The highest BCUT2D eigenvalue weighted by atomic mass is 16.3. The van der Waals surface area contributed by atoms with Gasteiger partial charge in [0.05, 0.1) is 12.0 Å². The normalized spacial score (nSPS) is 13.9. The molecule has 100 valence electrons. The molecule has 0 fully saturated rings. The largest absolute Gasteiger partial charge is 0.393 e. The minimum atomic E-state index is -0.318. The van der Waals surface area contributed by atoms with Crippen molar-refractivity contribution < 1.29 is 9.90 Å². The molecular weight excluding hydrogens is 228 g/mol. The third-order valence-electron chi connectivity index (χ3n) is 2.85. The maximum Gasteiger partial charge on any atom is 0.228 e. The fourth-order valence-corrected chi connectivity index (χ4v) is 1.81. The first kappa shape index (κ1) is 14.7. The van der Waals surface area contributed by atoms with E-state index in [4.69, 9.17) is 10.8 Å². The number of hydrogen-bond donors (Lipinski definition) is 3. The number of nitrogens with one attached hydrogen (secondary N) is 1. The number of aliphatic hydroxyl groups excluding tert-OH is 1. The van der Waals surface area contributed by atoms with Crippen molar-refractivity contribution in [2.75, 3.05) is 13.1 Å². The number of nitrogens with two attached hydrogens (primary N) is 1. The first-order valence-corrected chi connectivity index (χ1v) is 6.36. The molecule has 0 saturated carbocycles. The molecule has 4 nitrogen and oxygen atoms in total. The molecule has 0 radical (unpaired) electrons. The van der Waals surface area contributed by atoms with Crippen LogP contribution in [0.15, 0.2) is 30.3 Å². The zero-order valence-electron chi connectivity index (χ0n) is 10.8. The van der Waals surface area contributed by atoms with Crippen molar-refractivity contribution in [3.8, 4) is 0 Å². The molecule has 0 aliphatic heterocycles. The Labute approximate surface area is 108 Å². The Hall–Kier alpha value is -1.39. The van der Waals surface area contributed by atoms with Crippen molar-refractivity contribution in [2.24, 2.45) is 5.73 Å². The van der Waals surface area contributed by atoms with Gasteiger partial charge in [-0.3, -0.25) is 4.79 Å². The van der Waals surface area contributed by atoms with Crippen LogP contribution in [-0.2, 0) is 4.79 Å². The average molecular weight is 250 g/mol. The van der Waals surface area contributed by atoms with E-state index in [1.165, 1.54) is 0 Å². The standard InChI is InChI=1S/C14H22N2O2/c1-11(17)6-5-9-16-14(18)13(10-15)12-7-3-2-4-8-12/h2-4,7-8,11,13,17H,5-6,9-10,15H2,1H3,(H,16,18). The van der Waals surface area contributed by atoms with Gasteiger partial charge in [0.1, 0.15) is 0 Å². The lowest BCUT2D eigenvalue weighted by Crippen LogP contribution is -2.34. The van der Waals surface area contributed by atoms with Crippen LogP contribution in [0.3, 0.4) is 0 Å². The van der Waals surface area contributed by atoms with Gasteiger partial charge in [-0.05, 0) is 25.3 Å². The van der Waals surface area contributed by atoms with E-state index >= 15 is 0 Å². The van der Waals surface area contributed by atoms with Crippen LogP contribution in [0.4, 0.5) is 0 Å².